The molecular formula is C15H24N4O. The van der Waals surface area contributed by atoms with E-state index in [1.165, 1.54) is 0 Å². The molecule has 0 aromatic carbocycles. The molecule has 1 saturated heterocycles. The van der Waals surface area contributed by atoms with E-state index >= 15 is 0 Å². The predicted octanol–water partition coefficient (Wildman–Crippen LogP) is 1.45. The van der Waals surface area contributed by atoms with Gasteiger partial charge in [0.05, 0.1) is 0 Å². The summed E-state index contributed by atoms with van der Waals surface area (Å²) in [5.74, 6) is 1.63. The van der Waals surface area contributed by atoms with Crippen molar-refractivity contribution < 1.29 is 4.79 Å². The van der Waals surface area contributed by atoms with Gasteiger partial charge in [-0.1, -0.05) is 6.07 Å². The van der Waals surface area contributed by atoms with Crippen LogP contribution in [0.4, 0.5) is 5.82 Å². The zero-order valence-electron chi connectivity index (χ0n) is 12.3. The number of rotatable bonds is 4. The van der Waals surface area contributed by atoms with Crippen LogP contribution in [0.1, 0.15) is 38.3 Å². The van der Waals surface area contributed by atoms with Crippen molar-refractivity contribution in [2.45, 2.75) is 32.7 Å². The smallest absolute Gasteiger partial charge is 0.216 e. The number of carbonyl (C=O) groups is 1. The van der Waals surface area contributed by atoms with Gasteiger partial charge in [0, 0.05) is 44.4 Å². The van der Waals surface area contributed by atoms with Gasteiger partial charge in [0.15, 0.2) is 0 Å². The lowest BCUT2D eigenvalue weighted by Crippen LogP contribution is -2.39. The fourth-order valence-corrected chi connectivity index (χ4v) is 2.67. The number of piperidine rings is 1. The largest absolute Gasteiger partial charge is 0.356 e. The molecule has 1 amide bonds. The number of carbonyl (C=O) groups excluding carboxylic acids is 1. The molecular weight excluding hydrogens is 252 g/mol. The minimum atomic E-state index is -0.00389. The Balaban J connectivity index is 1.95. The molecule has 1 aromatic rings. The van der Waals surface area contributed by atoms with Gasteiger partial charge in [-0.25, -0.2) is 4.98 Å². The van der Waals surface area contributed by atoms with Crippen LogP contribution in [0.2, 0.25) is 0 Å². The summed E-state index contributed by atoms with van der Waals surface area (Å²) in [4.78, 5) is 17.8. The van der Waals surface area contributed by atoms with Gasteiger partial charge in [0.2, 0.25) is 5.91 Å². The van der Waals surface area contributed by atoms with Gasteiger partial charge in [-0.15, -0.1) is 0 Å². The van der Waals surface area contributed by atoms with Crippen molar-refractivity contribution in [2.75, 3.05) is 24.5 Å². The second-order valence-electron chi connectivity index (χ2n) is 5.57. The molecule has 5 nitrogen and oxygen atoms in total. The lowest BCUT2D eigenvalue weighted by Gasteiger charge is -2.34. The third kappa shape index (κ3) is 3.70. The minimum Gasteiger partial charge on any atom is -0.356 e. The molecule has 2 rings (SSSR count). The summed E-state index contributed by atoms with van der Waals surface area (Å²) >= 11 is 0. The molecule has 0 bridgehead atoms. The highest BCUT2D eigenvalue weighted by Crippen LogP contribution is 2.26. The Hall–Kier alpha value is -1.62. The third-order valence-corrected chi connectivity index (χ3v) is 3.86. The average Bonchev–Trinajstić information content (AvgIpc) is 2.45. The number of nitrogens with one attached hydrogen (secondary N) is 1. The molecule has 2 heterocycles. The molecule has 0 spiro atoms. The molecule has 0 aliphatic carbocycles. The number of pyridine rings is 1. The molecule has 20 heavy (non-hydrogen) atoms. The first-order valence-corrected chi connectivity index (χ1v) is 7.27. The molecule has 3 N–H and O–H groups in total. The Bertz CT molecular complexity index is 453. The van der Waals surface area contributed by atoms with Crippen LogP contribution in [0.25, 0.3) is 0 Å². The molecule has 0 saturated carbocycles. The van der Waals surface area contributed by atoms with Crippen molar-refractivity contribution >= 4 is 11.7 Å². The highest BCUT2D eigenvalue weighted by Gasteiger charge is 2.22. The van der Waals surface area contributed by atoms with Gasteiger partial charge in [-0.3, -0.25) is 4.79 Å². The van der Waals surface area contributed by atoms with E-state index in [0.29, 0.717) is 5.92 Å². The van der Waals surface area contributed by atoms with Crippen molar-refractivity contribution in [1.82, 2.24) is 10.3 Å². The SMILES string of the molecule is CC(=O)NCC1CCN(c2ncccc2[C@@H](C)N)CC1. The maximum absolute atomic E-state index is 10.9. The summed E-state index contributed by atoms with van der Waals surface area (Å²) in [7, 11) is 0. The van der Waals surface area contributed by atoms with Crippen LogP contribution >= 0.6 is 0 Å². The van der Waals surface area contributed by atoms with Crippen LogP contribution in [-0.4, -0.2) is 30.5 Å². The summed E-state index contributed by atoms with van der Waals surface area (Å²) in [6.45, 7) is 6.29. The number of nitrogens with zero attached hydrogens (tertiary/aromatic N) is 2. The van der Waals surface area contributed by atoms with E-state index in [1.807, 2.05) is 19.2 Å². The van der Waals surface area contributed by atoms with Crippen LogP contribution in [0.3, 0.4) is 0 Å². The van der Waals surface area contributed by atoms with Crippen LogP contribution in [-0.2, 0) is 4.79 Å². The summed E-state index contributed by atoms with van der Waals surface area (Å²) in [5, 5.41) is 2.91. The van der Waals surface area contributed by atoms with E-state index in [1.54, 1.807) is 6.92 Å². The highest BCUT2D eigenvalue weighted by molar-refractivity contribution is 5.72. The number of nitrogens with two attached hydrogens (primary N) is 1. The monoisotopic (exact) mass is 276 g/mol. The van der Waals surface area contributed by atoms with Gasteiger partial charge in [-0.2, -0.15) is 0 Å². The lowest BCUT2D eigenvalue weighted by atomic mass is 9.96. The third-order valence-electron chi connectivity index (χ3n) is 3.86. The highest BCUT2D eigenvalue weighted by atomic mass is 16.1. The first-order chi connectivity index (χ1) is 9.58. The number of hydrogen-bond donors (Lipinski definition) is 2. The van der Waals surface area contributed by atoms with Gasteiger partial charge in [-0.05, 0) is 31.7 Å². The zero-order chi connectivity index (χ0) is 14.5. The second kappa shape index (κ2) is 6.70. The Labute approximate surface area is 120 Å². The van der Waals surface area contributed by atoms with E-state index in [0.717, 1.165) is 43.9 Å². The summed E-state index contributed by atoms with van der Waals surface area (Å²) in [5.41, 5.74) is 7.12. The van der Waals surface area contributed by atoms with E-state index in [-0.39, 0.29) is 11.9 Å². The topological polar surface area (TPSA) is 71.2 Å². The van der Waals surface area contributed by atoms with E-state index in [9.17, 15) is 4.79 Å². The quantitative estimate of drug-likeness (QED) is 0.873. The Morgan fingerprint density at radius 1 is 1.55 bits per heavy atom. The molecule has 0 unspecified atom stereocenters. The second-order valence-corrected chi connectivity index (χ2v) is 5.57. The zero-order valence-corrected chi connectivity index (χ0v) is 12.3. The normalized spacial score (nSPS) is 17.9. The lowest BCUT2D eigenvalue weighted by molar-refractivity contribution is -0.119. The van der Waals surface area contributed by atoms with Gasteiger partial charge < -0.3 is 16.0 Å². The Morgan fingerprint density at radius 2 is 2.25 bits per heavy atom. The molecule has 1 atom stereocenters. The van der Waals surface area contributed by atoms with Crippen molar-refractivity contribution in [2.24, 2.45) is 11.7 Å². The van der Waals surface area contributed by atoms with E-state index in [4.69, 9.17) is 5.73 Å². The fourth-order valence-electron chi connectivity index (χ4n) is 2.67. The van der Waals surface area contributed by atoms with Crippen LogP contribution in [0.5, 0.6) is 0 Å². The van der Waals surface area contributed by atoms with E-state index < -0.39 is 0 Å². The van der Waals surface area contributed by atoms with Gasteiger partial charge in [0.25, 0.3) is 0 Å². The molecule has 1 aliphatic rings. The van der Waals surface area contributed by atoms with Crippen LogP contribution in [0.15, 0.2) is 18.3 Å². The standard InChI is InChI=1S/C15H24N4O/c1-11(16)14-4-3-7-17-15(14)19-8-5-13(6-9-19)10-18-12(2)20/h3-4,7,11,13H,5-6,8-10,16H2,1-2H3,(H,18,20)/t11-/m1/s1. The molecule has 5 heteroatoms. The first kappa shape index (κ1) is 14.8. The minimum absolute atomic E-state index is 0.00389. The Kier molecular flexibility index (Phi) is 4.95. The average molecular weight is 276 g/mol. The van der Waals surface area contributed by atoms with Crippen molar-refractivity contribution in [3.8, 4) is 0 Å². The number of amides is 1. The van der Waals surface area contributed by atoms with Crippen molar-refractivity contribution in [1.29, 1.82) is 0 Å². The summed E-state index contributed by atoms with van der Waals surface area (Å²) < 4.78 is 0. The number of anilines is 1. The molecule has 1 aliphatic heterocycles. The van der Waals surface area contributed by atoms with Crippen molar-refractivity contribution in [3.63, 3.8) is 0 Å². The number of aromatic nitrogens is 1. The van der Waals surface area contributed by atoms with Gasteiger partial charge in [0.1, 0.15) is 5.82 Å². The van der Waals surface area contributed by atoms with Gasteiger partial charge >= 0.3 is 0 Å². The maximum Gasteiger partial charge on any atom is 0.216 e. The predicted molar refractivity (Wildman–Crippen MR) is 80.5 cm³/mol. The molecule has 0 radical (unpaired) electrons. The molecule has 110 valence electrons. The summed E-state index contributed by atoms with van der Waals surface area (Å²) in [6.07, 6.45) is 3.98. The first-order valence-electron chi connectivity index (χ1n) is 7.27. The summed E-state index contributed by atoms with van der Waals surface area (Å²) in [6, 6.07) is 3.98. The van der Waals surface area contributed by atoms with Crippen molar-refractivity contribution in [3.05, 3.63) is 23.9 Å². The molecule has 1 aromatic heterocycles. The van der Waals surface area contributed by atoms with Crippen LogP contribution in [0, 0.1) is 5.92 Å². The Morgan fingerprint density at radius 3 is 2.85 bits per heavy atom. The maximum atomic E-state index is 10.9. The van der Waals surface area contributed by atoms with Crippen LogP contribution < -0.4 is 16.0 Å². The van der Waals surface area contributed by atoms with E-state index in [2.05, 4.69) is 21.3 Å². The number of hydrogen-bond acceptors (Lipinski definition) is 4. The fraction of sp³-hybridized carbons (Fsp3) is 0.600. The molecule has 1 fully saturated rings.